The first kappa shape index (κ1) is 19.2. The number of rotatable bonds is 4. The van der Waals surface area contributed by atoms with E-state index in [4.69, 9.17) is 9.47 Å². The molecule has 1 aromatic carbocycles. The summed E-state index contributed by atoms with van der Waals surface area (Å²) in [6.07, 6.45) is 3.15. The van der Waals surface area contributed by atoms with Crippen molar-refractivity contribution in [2.24, 2.45) is 0 Å². The zero-order valence-electron chi connectivity index (χ0n) is 16.5. The van der Waals surface area contributed by atoms with Crippen LogP contribution < -0.4 is 20.3 Å². The summed E-state index contributed by atoms with van der Waals surface area (Å²) >= 11 is 1.33. The molecule has 0 spiro atoms. The van der Waals surface area contributed by atoms with E-state index in [9.17, 15) is 9.59 Å². The van der Waals surface area contributed by atoms with Gasteiger partial charge in [-0.25, -0.2) is 9.97 Å². The third kappa shape index (κ3) is 3.84. The number of aromatic nitrogens is 4. The Hall–Kier alpha value is -3.79. The van der Waals surface area contributed by atoms with Crippen LogP contribution in [-0.2, 0) is 11.2 Å². The number of nitrogens with zero attached hydrogens (tertiary/aromatic N) is 3. The second-order valence-corrected chi connectivity index (χ2v) is 7.96. The summed E-state index contributed by atoms with van der Waals surface area (Å²) in [5.41, 5.74) is 1.85. The second kappa shape index (κ2) is 7.80. The lowest BCUT2D eigenvalue weighted by Crippen LogP contribution is -2.23. The number of aryl methyl sites for hydroxylation is 1. The normalized spacial score (nSPS) is 12.7. The minimum atomic E-state index is -0.354. The predicted molar refractivity (Wildman–Crippen MR) is 116 cm³/mol. The highest BCUT2D eigenvalue weighted by atomic mass is 32.1. The summed E-state index contributed by atoms with van der Waals surface area (Å²) in [6, 6.07) is 7.22. The molecule has 4 heterocycles. The molecule has 3 aromatic heterocycles. The summed E-state index contributed by atoms with van der Waals surface area (Å²) < 4.78 is 12.0. The lowest BCUT2D eigenvalue weighted by Gasteiger charge is -2.17. The molecule has 1 amide bonds. The van der Waals surface area contributed by atoms with Crippen molar-refractivity contribution in [3.63, 3.8) is 0 Å². The minimum Gasteiger partial charge on any atom is -0.486 e. The molecular weight excluding hydrogens is 418 g/mol. The van der Waals surface area contributed by atoms with E-state index in [-0.39, 0.29) is 17.9 Å². The molecule has 0 saturated heterocycles. The van der Waals surface area contributed by atoms with Crippen LogP contribution in [0.2, 0.25) is 0 Å². The van der Waals surface area contributed by atoms with Crippen LogP contribution in [-0.4, -0.2) is 39.1 Å². The quantitative estimate of drug-likeness (QED) is 0.506. The van der Waals surface area contributed by atoms with E-state index in [1.54, 1.807) is 37.5 Å². The molecule has 9 nitrogen and oxygen atoms in total. The number of H-pyrrole nitrogens is 1. The number of benzene rings is 1. The Morgan fingerprint density at radius 2 is 2.03 bits per heavy atom. The van der Waals surface area contributed by atoms with E-state index >= 15 is 0 Å². The van der Waals surface area contributed by atoms with Gasteiger partial charge in [0, 0.05) is 41.3 Å². The Labute approximate surface area is 180 Å². The number of hydrogen-bond donors (Lipinski definition) is 2. The van der Waals surface area contributed by atoms with Gasteiger partial charge >= 0.3 is 0 Å². The lowest BCUT2D eigenvalue weighted by molar-refractivity contribution is -0.115. The van der Waals surface area contributed by atoms with E-state index in [2.05, 4.69) is 25.3 Å². The molecule has 1 aliphatic heterocycles. The van der Waals surface area contributed by atoms with Gasteiger partial charge in [0.1, 0.15) is 19.0 Å². The third-order valence-electron chi connectivity index (χ3n) is 4.79. The van der Waals surface area contributed by atoms with Gasteiger partial charge in [-0.05, 0) is 19.1 Å². The number of fused-ring (bicyclic) bond motifs is 2. The number of pyridine rings is 1. The molecule has 2 N–H and O–H groups in total. The topological polar surface area (TPSA) is 119 Å². The molecule has 0 bridgehead atoms. The average molecular weight is 435 g/mol. The van der Waals surface area contributed by atoms with Crippen molar-refractivity contribution in [3.8, 4) is 22.9 Å². The molecule has 0 atom stereocenters. The molecule has 31 heavy (non-hydrogen) atoms. The largest absolute Gasteiger partial charge is 0.486 e. The van der Waals surface area contributed by atoms with Gasteiger partial charge in [-0.3, -0.25) is 14.6 Å². The molecule has 5 rings (SSSR count). The Bertz CT molecular complexity index is 1310. The molecule has 0 radical (unpaired) electrons. The monoisotopic (exact) mass is 435 g/mol. The van der Waals surface area contributed by atoms with E-state index in [0.717, 1.165) is 4.70 Å². The summed E-state index contributed by atoms with van der Waals surface area (Å²) in [5, 5.41) is 3.21. The lowest BCUT2D eigenvalue weighted by atomic mass is 10.1. The van der Waals surface area contributed by atoms with Crippen molar-refractivity contribution < 1.29 is 14.3 Å². The maximum Gasteiger partial charge on any atom is 0.255 e. The van der Waals surface area contributed by atoms with Crippen LogP contribution in [0.3, 0.4) is 0 Å². The smallest absolute Gasteiger partial charge is 0.255 e. The van der Waals surface area contributed by atoms with Crippen molar-refractivity contribution in [2.45, 2.75) is 13.3 Å². The van der Waals surface area contributed by atoms with Gasteiger partial charge in [0.15, 0.2) is 16.6 Å². The number of nitrogens with one attached hydrogen (secondary N) is 2. The number of ether oxygens (including phenoxy) is 2. The molecule has 4 aromatic rings. The highest BCUT2D eigenvalue weighted by Crippen LogP contribution is 2.37. The fourth-order valence-electron chi connectivity index (χ4n) is 3.30. The van der Waals surface area contributed by atoms with Crippen LogP contribution in [0.5, 0.6) is 11.5 Å². The zero-order valence-corrected chi connectivity index (χ0v) is 17.3. The molecule has 0 aliphatic carbocycles. The standard InChI is InChI=1S/C21H17N5O4S/c1-11-13(20(28)26-19(23-11)12-3-2-4-22-10-12)7-18(27)25-21-24-14-8-15-16(9-17(14)31-21)30-6-5-29-15/h2-4,8-10H,5-7H2,1H3,(H,23,26,28)(H,24,25,27). The molecule has 0 fully saturated rings. The van der Waals surface area contributed by atoms with Gasteiger partial charge in [0.05, 0.1) is 16.6 Å². The summed E-state index contributed by atoms with van der Waals surface area (Å²) in [7, 11) is 0. The number of carbonyl (C=O) groups is 1. The highest BCUT2D eigenvalue weighted by Gasteiger charge is 2.18. The summed E-state index contributed by atoms with van der Waals surface area (Å²) in [4.78, 5) is 40.8. The van der Waals surface area contributed by atoms with Crippen molar-refractivity contribution >= 4 is 32.6 Å². The number of anilines is 1. The van der Waals surface area contributed by atoms with Gasteiger partial charge in [-0.15, -0.1) is 0 Å². The van der Waals surface area contributed by atoms with E-state index in [0.29, 0.717) is 58.0 Å². The zero-order chi connectivity index (χ0) is 21.4. The van der Waals surface area contributed by atoms with Crippen molar-refractivity contribution in [1.82, 2.24) is 19.9 Å². The number of amides is 1. The van der Waals surface area contributed by atoms with Crippen molar-refractivity contribution in [2.75, 3.05) is 18.5 Å². The van der Waals surface area contributed by atoms with Gasteiger partial charge in [0.25, 0.3) is 5.56 Å². The first-order valence-corrected chi connectivity index (χ1v) is 10.4. The molecule has 10 heteroatoms. The minimum absolute atomic E-state index is 0.111. The second-order valence-electron chi connectivity index (χ2n) is 6.93. The molecule has 1 aliphatic rings. The molecule has 156 valence electrons. The fourth-order valence-corrected chi connectivity index (χ4v) is 4.19. The molecule has 0 saturated carbocycles. The maximum atomic E-state index is 12.6. The summed E-state index contributed by atoms with van der Waals surface area (Å²) in [6.45, 7) is 2.70. The van der Waals surface area contributed by atoms with E-state index in [1.165, 1.54) is 11.3 Å². The van der Waals surface area contributed by atoms with Crippen LogP contribution in [0, 0.1) is 6.92 Å². The van der Waals surface area contributed by atoms with Crippen LogP contribution in [0.1, 0.15) is 11.3 Å². The number of hydrogen-bond acceptors (Lipinski definition) is 8. The van der Waals surface area contributed by atoms with Gasteiger partial charge in [0.2, 0.25) is 5.91 Å². The highest BCUT2D eigenvalue weighted by molar-refractivity contribution is 7.22. The fraction of sp³-hybridized carbons (Fsp3) is 0.190. The molecular formula is C21H17N5O4S. The van der Waals surface area contributed by atoms with Crippen molar-refractivity contribution in [1.29, 1.82) is 0 Å². The first-order chi connectivity index (χ1) is 15.1. The SMILES string of the molecule is Cc1nc(-c2cccnc2)[nH]c(=O)c1CC(=O)Nc1nc2cc3c(cc2s1)OCCO3. The van der Waals surface area contributed by atoms with Crippen LogP contribution in [0.15, 0.2) is 41.5 Å². The van der Waals surface area contributed by atoms with Crippen molar-refractivity contribution in [3.05, 3.63) is 58.3 Å². The van der Waals surface area contributed by atoms with Crippen LogP contribution >= 0.6 is 11.3 Å². The van der Waals surface area contributed by atoms with Crippen LogP contribution in [0.4, 0.5) is 5.13 Å². The predicted octanol–water partition coefficient (Wildman–Crippen LogP) is 2.70. The Balaban J connectivity index is 1.35. The Kier molecular flexibility index (Phi) is 4.83. The third-order valence-corrected chi connectivity index (χ3v) is 5.73. The maximum absolute atomic E-state index is 12.6. The average Bonchev–Trinajstić information content (AvgIpc) is 3.15. The first-order valence-electron chi connectivity index (χ1n) is 9.57. The summed E-state index contributed by atoms with van der Waals surface area (Å²) in [5.74, 6) is 1.38. The number of carbonyl (C=O) groups excluding carboxylic acids is 1. The van der Waals surface area contributed by atoms with E-state index < -0.39 is 0 Å². The van der Waals surface area contributed by atoms with Gasteiger partial charge < -0.3 is 19.8 Å². The Morgan fingerprint density at radius 1 is 1.23 bits per heavy atom. The van der Waals surface area contributed by atoms with E-state index in [1.807, 2.05) is 6.07 Å². The number of aromatic amines is 1. The van der Waals surface area contributed by atoms with Gasteiger partial charge in [-0.1, -0.05) is 11.3 Å². The van der Waals surface area contributed by atoms with Crippen LogP contribution in [0.25, 0.3) is 21.6 Å². The Morgan fingerprint density at radius 3 is 2.77 bits per heavy atom. The van der Waals surface area contributed by atoms with Gasteiger partial charge in [-0.2, -0.15) is 0 Å². The number of thiazole rings is 1. The molecule has 0 unspecified atom stereocenters.